The number of benzene rings is 1. The number of amides is 1. The molecular weight excluding hydrogens is 436 g/mol. The highest BCUT2D eigenvalue weighted by Crippen LogP contribution is 2.35. The van der Waals surface area contributed by atoms with E-state index in [0.29, 0.717) is 10.5 Å². The summed E-state index contributed by atoms with van der Waals surface area (Å²) in [5.74, 6) is -0.335. The molecule has 0 saturated heterocycles. The van der Waals surface area contributed by atoms with Crippen molar-refractivity contribution in [3.63, 3.8) is 0 Å². The first-order valence-corrected chi connectivity index (χ1v) is 10.9. The van der Waals surface area contributed by atoms with Gasteiger partial charge in [-0.25, -0.2) is 4.98 Å². The van der Waals surface area contributed by atoms with Crippen LogP contribution in [0.4, 0.5) is 11.4 Å². The van der Waals surface area contributed by atoms with Gasteiger partial charge in [-0.2, -0.15) is 0 Å². The Morgan fingerprint density at radius 2 is 2.24 bits per heavy atom. The van der Waals surface area contributed by atoms with E-state index in [1.165, 1.54) is 27.6 Å². The van der Waals surface area contributed by atoms with Crippen molar-refractivity contribution in [1.29, 1.82) is 0 Å². The first-order valence-electron chi connectivity index (χ1n) is 8.73. The Kier molecular flexibility index (Phi) is 5.32. The molecule has 3 aromatic rings. The third-order valence-corrected chi connectivity index (χ3v) is 7.20. The first kappa shape index (κ1) is 19.9. The van der Waals surface area contributed by atoms with Gasteiger partial charge in [-0.15, -0.1) is 11.3 Å². The van der Waals surface area contributed by atoms with Gasteiger partial charge in [0.15, 0.2) is 5.16 Å². The SMILES string of the molecule is Cn1c(SCC(=O)Nc2ccc([N+](=O)[O-])cc2Cl)nc2sc3c(c2c1=O)CCC3. The van der Waals surface area contributed by atoms with Crippen molar-refractivity contribution in [2.45, 2.75) is 24.4 Å². The van der Waals surface area contributed by atoms with Crippen LogP contribution in [0.3, 0.4) is 0 Å². The summed E-state index contributed by atoms with van der Waals surface area (Å²) in [4.78, 5) is 41.8. The van der Waals surface area contributed by atoms with Crippen LogP contribution in [-0.2, 0) is 24.7 Å². The van der Waals surface area contributed by atoms with Crippen molar-refractivity contribution in [3.8, 4) is 0 Å². The Balaban J connectivity index is 1.50. The van der Waals surface area contributed by atoms with E-state index in [0.717, 1.165) is 41.4 Å². The summed E-state index contributed by atoms with van der Waals surface area (Å²) in [6, 6.07) is 3.83. The lowest BCUT2D eigenvalue weighted by Crippen LogP contribution is -2.21. The Labute approximate surface area is 178 Å². The smallest absolute Gasteiger partial charge is 0.271 e. The molecule has 1 aliphatic carbocycles. The lowest BCUT2D eigenvalue weighted by molar-refractivity contribution is -0.384. The molecule has 0 unspecified atom stereocenters. The number of nitro groups is 1. The average Bonchev–Trinajstić information content (AvgIpc) is 3.25. The molecule has 0 fully saturated rings. The maximum atomic E-state index is 12.8. The Bertz CT molecular complexity index is 1220. The number of halogens is 1. The van der Waals surface area contributed by atoms with E-state index in [1.54, 1.807) is 18.4 Å². The van der Waals surface area contributed by atoms with Crippen LogP contribution >= 0.6 is 34.7 Å². The fourth-order valence-electron chi connectivity index (χ4n) is 3.27. The summed E-state index contributed by atoms with van der Waals surface area (Å²) < 4.78 is 1.48. The summed E-state index contributed by atoms with van der Waals surface area (Å²) in [7, 11) is 1.65. The molecule has 11 heteroatoms. The van der Waals surface area contributed by atoms with Crippen LogP contribution in [0.25, 0.3) is 10.2 Å². The highest BCUT2D eigenvalue weighted by molar-refractivity contribution is 7.99. The summed E-state index contributed by atoms with van der Waals surface area (Å²) in [6.07, 6.45) is 2.97. The number of anilines is 1. The van der Waals surface area contributed by atoms with E-state index in [4.69, 9.17) is 11.6 Å². The molecule has 0 saturated carbocycles. The van der Waals surface area contributed by atoms with E-state index in [9.17, 15) is 19.7 Å². The molecule has 4 rings (SSSR count). The van der Waals surface area contributed by atoms with Crippen LogP contribution in [0.1, 0.15) is 16.9 Å². The van der Waals surface area contributed by atoms with Gasteiger partial charge in [-0.1, -0.05) is 23.4 Å². The topological polar surface area (TPSA) is 107 Å². The molecule has 1 aromatic carbocycles. The molecule has 2 heterocycles. The third-order valence-electron chi connectivity index (χ3n) is 4.68. The number of nitrogens with zero attached hydrogens (tertiary/aromatic N) is 3. The van der Waals surface area contributed by atoms with Gasteiger partial charge in [0.1, 0.15) is 4.83 Å². The molecule has 0 aliphatic heterocycles. The van der Waals surface area contributed by atoms with Crippen LogP contribution < -0.4 is 10.9 Å². The molecule has 8 nitrogen and oxygen atoms in total. The predicted molar refractivity (Wildman–Crippen MR) is 114 cm³/mol. The molecule has 0 spiro atoms. The normalized spacial score (nSPS) is 12.9. The Hall–Kier alpha value is -2.43. The van der Waals surface area contributed by atoms with Crippen molar-refractivity contribution in [3.05, 3.63) is 54.1 Å². The number of hydrogen-bond donors (Lipinski definition) is 1. The molecule has 0 radical (unpaired) electrons. The van der Waals surface area contributed by atoms with E-state index in [1.807, 2.05) is 0 Å². The number of aromatic nitrogens is 2. The third kappa shape index (κ3) is 3.75. The Morgan fingerprint density at radius 3 is 2.97 bits per heavy atom. The second-order valence-electron chi connectivity index (χ2n) is 6.55. The molecule has 1 N–H and O–H groups in total. The number of carbonyl (C=O) groups excluding carboxylic acids is 1. The molecule has 1 amide bonds. The van der Waals surface area contributed by atoms with Crippen LogP contribution in [0, 0.1) is 10.1 Å². The zero-order valence-electron chi connectivity index (χ0n) is 15.2. The fourth-order valence-corrected chi connectivity index (χ4v) is 5.57. The number of carbonyl (C=O) groups is 1. The molecule has 150 valence electrons. The summed E-state index contributed by atoms with van der Waals surface area (Å²) >= 11 is 8.71. The van der Waals surface area contributed by atoms with E-state index in [-0.39, 0.29) is 33.6 Å². The van der Waals surface area contributed by atoms with Crippen LogP contribution in [0.15, 0.2) is 28.2 Å². The van der Waals surface area contributed by atoms with Crippen molar-refractivity contribution < 1.29 is 9.72 Å². The van der Waals surface area contributed by atoms with Crippen LogP contribution in [0.2, 0.25) is 5.02 Å². The minimum absolute atomic E-state index is 0.0180. The second-order valence-corrected chi connectivity index (χ2v) is 8.99. The number of rotatable bonds is 5. The zero-order valence-corrected chi connectivity index (χ0v) is 17.6. The van der Waals surface area contributed by atoms with Gasteiger partial charge < -0.3 is 5.32 Å². The van der Waals surface area contributed by atoms with Gasteiger partial charge in [0, 0.05) is 24.1 Å². The number of nitro benzene ring substituents is 1. The lowest BCUT2D eigenvalue weighted by atomic mass is 10.2. The van der Waals surface area contributed by atoms with Crippen molar-refractivity contribution in [1.82, 2.24) is 9.55 Å². The fraction of sp³-hybridized carbons (Fsp3) is 0.278. The highest BCUT2D eigenvalue weighted by atomic mass is 35.5. The Morgan fingerprint density at radius 1 is 1.45 bits per heavy atom. The summed E-state index contributed by atoms with van der Waals surface area (Å²) in [6.45, 7) is 0. The molecule has 1 aliphatic rings. The number of hydrogen-bond acceptors (Lipinski definition) is 7. The van der Waals surface area contributed by atoms with E-state index < -0.39 is 4.92 Å². The van der Waals surface area contributed by atoms with Gasteiger partial charge in [-0.3, -0.25) is 24.3 Å². The quantitative estimate of drug-likeness (QED) is 0.274. The van der Waals surface area contributed by atoms with E-state index in [2.05, 4.69) is 10.3 Å². The van der Waals surface area contributed by atoms with Gasteiger partial charge in [0.2, 0.25) is 5.91 Å². The second kappa shape index (κ2) is 7.77. The van der Waals surface area contributed by atoms with Crippen molar-refractivity contribution >= 4 is 62.2 Å². The monoisotopic (exact) mass is 450 g/mol. The maximum absolute atomic E-state index is 12.8. The average molecular weight is 451 g/mol. The van der Waals surface area contributed by atoms with Gasteiger partial charge in [0.25, 0.3) is 11.2 Å². The summed E-state index contributed by atoms with van der Waals surface area (Å²) in [5, 5.41) is 14.6. The zero-order chi connectivity index (χ0) is 20.7. The minimum Gasteiger partial charge on any atom is -0.324 e. The molecule has 0 atom stereocenters. The first-order chi connectivity index (χ1) is 13.8. The van der Waals surface area contributed by atoms with Crippen LogP contribution in [0.5, 0.6) is 0 Å². The minimum atomic E-state index is -0.559. The number of nitrogens with one attached hydrogen (secondary N) is 1. The lowest BCUT2D eigenvalue weighted by Gasteiger charge is -2.09. The van der Waals surface area contributed by atoms with Gasteiger partial charge >= 0.3 is 0 Å². The molecule has 0 bridgehead atoms. The van der Waals surface area contributed by atoms with Crippen LogP contribution in [-0.4, -0.2) is 26.1 Å². The standard InChI is InChI=1S/C18H15ClN4O4S2/c1-22-17(25)15-10-3-2-4-13(10)29-16(15)21-18(22)28-8-14(24)20-12-6-5-9(23(26)27)7-11(12)19/h5-7H,2-4,8H2,1H3,(H,20,24). The van der Waals surface area contributed by atoms with E-state index >= 15 is 0 Å². The van der Waals surface area contributed by atoms with Crippen molar-refractivity contribution in [2.24, 2.45) is 7.05 Å². The number of thiophene rings is 1. The number of fused-ring (bicyclic) bond motifs is 3. The number of thioether (sulfide) groups is 1. The van der Waals surface area contributed by atoms with Crippen molar-refractivity contribution in [2.75, 3.05) is 11.1 Å². The van der Waals surface area contributed by atoms with Gasteiger partial charge in [-0.05, 0) is 30.9 Å². The number of aryl methyl sites for hydroxylation is 2. The molecule has 29 heavy (non-hydrogen) atoms. The highest BCUT2D eigenvalue weighted by Gasteiger charge is 2.22. The summed E-state index contributed by atoms with van der Waals surface area (Å²) in [5.41, 5.74) is 1.17. The largest absolute Gasteiger partial charge is 0.324 e. The predicted octanol–water partition coefficient (Wildman–Crippen LogP) is 3.78. The van der Waals surface area contributed by atoms with Gasteiger partial charge in [0.05, 0.1) is 26.8 Å². The molecule has 2 aromatic heterocycles. The molecular formula is C18H15ClN4O4S2. The number of non-ortho nitro benzene ring substituents is 1. The maximum Gasteiger partial charge on any atom is 0.271 e.